The Morgan fingerprint density at radius 1 is 1.08 bits per heavy atom. The van der Waals surface area contributed by atoms with Crippen LogP contribution in [0.3, 0.4) is 0 Å². The second-order valence-electron chi connectivity index (χ2n) is 5.90. The van der Waals surface area contributed by atoms with Gasteiger partial charge in [-0.25, -0.2) is 8.42 Å². The van der Waals surface area contributed by atoms with Gasteiger partial charge in [0.1, 0.15) is 0 Å². The Bertz CT molecular complexity index is 829. The normalized spacial score (nSPS) is 13.2. The minimum absolute atomic E-state index is 0. The molecule has 0 radical (unpaired) electrons. The van der Waals surface area contributed by atoms with Gasteiger partial charge in [-0.1, -0.05) is 44.5 Å². The summed E-state index contributed by atoms with van der Waals surface area (Å²) in [7, 11) is -3.68. The summed E-state index contributed by atoms with van der Waals surface area (Å²) in [5, 5.41) is 2.72. The summed E-state index contributed by atoms with van der Waals surface area (Å²) < 4.78 is 27.2. The number of rotatable bonds is 7. The summed E-state index contributed by atoms with van der Waals surface area (Å²) in [5.74, 6) is -0.239. The minimum Gasteiger partial charge on any atom is -0.325 e. The fraction of sp³-hybridized carbons (Fsp3) is 0.278. The highest BCUT2D eigenvalue weighted by Gasteiger charge is 2.20. The molecule has 6 nitrogen and oxygen atoms in total. The number of anilines is 2. The standard InChI is InChI=1S/C18H23N3O3S.ClH/c1-3-13(2)17(19)18(22)20-14-8-7-9-15(12-14)21-25(23,24)16-10-5-4-6-11-16;/h4-13,17,21H,3,19H2,1-2H3,(H,20,22);1H. The lowest BCUT2D eigenvalue weighted by molar-refractivity contribution is -0.118. The van der Waals surface area contributed by atoms with E-state index in [1.165, 1.54) is 12.1 Å². The molecule has 2 aromatic rings. The van der Waals surface area contributed by atoms with Crippen molar-refractivity contribution in [2.45, 2.75) is 31.2 Å². The molecule has 2 unspecified atom stereocenters. The maximum absolute atomic E-state index is 12.4. The van der Waals surface area contributed by atoms with E-state index in [0.717, 1.165) is 6.42 Å². The zero-order chi connectivity index (χ0) is 18.4. The number of amides is 1. The molecular weight excluding hydrogens is 374 g/mol. The van der Waals surface area contributed by atoms with Crippen LogP contribution in [-0.2, 0) is 14.8 Å². The third-order valence-electron chi connectivity index (χ3n) is 4.00. The predicted octanol–water partition coefficient (Wildman–Crippen LogP) is 3.22. The molecule has 1 amide bonds. The van der Waals surface area contributed by atoms with Crippen molar-refractivity contribution in [3.05, 3.63) is 54.6 Å². The largest absolute Gasteiger partial charge is 0.325 e. The topological polar surface area (TPSA) is 101 Å². The van der Waals surface area contributed by atoms with Gasteiger partial charge in [0.25, 0.3) is 10.0 Å². The Morgan fingerprint density at radius 3 is 2.31 bits per heavy atom. The fourth-order valence-corrected chi connectivity index (χ4v) is 3.28. The molecule has 0 spiro atoms. The second-order valence-corrected chi connectivity index (χ2v) is 7.58. The predicted molar refractivity (Wildman–Crippen MR) is 107 cm³/mol. The number of nitrogens with one attached hydrogen (secondary N) is 2. The fourth-order valence-electron chi connectivity index (χ4n) is 2.21. The molecule has 0 aromatic heterocycles. The average molecular weight is 398 g/mol. The average Bonchev–Trinajstić information content (AvgIpc) is 2.61. The second kappa shape index (κ2) is 9.56. The Hall–Kier alpha value is -2.09. The van der Waals surface area contributed by atoms with Crippen LogP contribution in [0.4, 0.5) is 11.4 Å². The molecule has 142 valence electrons. The molecule has 8 heteroatoms. The van der Waals surface area contributed by atoms with Crippen LogP contribution in [0.5, 0.6) is 0 Å². The summed E-state index contributed by atoms with van der Waals surface area (Å²) in [6.07, 6.45) is 0.797. The summed E-state index contributed by atoms with van der Waals surface area (Å²) in [4.78, 5) is 12.3. The molecule has 0 bridgehead atoms. The number of halogens is 1. The van der Waals surface area contributed by atoms with Gasteiger partial charge in [-0.05, 0) is 36.2 Å². The van der Waals surface area contributed by atoms with Crippen LogP contribution in [0.2, 0.25) is 0 Å². The Kier molecular flexibility index (Phi) is 8.08. The third kappa shape index (κ3) is 5.72. The molecule has 0 aliphatic rings. The Labute approximate surface area is 160 Å². The van der Waals surface area contributed by atoms with Gasteiger partial charge < -0.3 is 11.1 Å². The van der Waals surface area contributed by atoms with Gasteiger partial charge in [0, 0.05) is 5.69 Å². The van der Waals surface area contributed by atoms with Gasteiger partial charge in [-0.3, -0.25) is 9.52 Å². The number of hydrogen-bond donors (Lipinski definition) is 3. The van der Waals surface area contributed by atoms with Crippen molar-refractivity contribution < 1.29 is 13.2 Å². The smallest absolute Gasteiger partial charge is 0.261 e. The number of sulfonamides is 1. The highest BCUT2D eigenvalue weighted by molar-refractivity contribution is 7.92. The summed E-state index contributed by atoms with van der Waals surface area (Å²) >= 11 is 0. The van der Waals surface area contributed by atoms with Crippen molar-refractivity contribution in [3.8, 4) is 0 Å². The number of carbonyl (C=O) groups excluding carboxylic acids is 1. The highest BCUT2D eigenvalue weighted by atomic mass is 35.5. The molecule has 0 aliphatic heterocycles. The van der Waals surface area contributed by atoms with E-state index in [-0.39, 0.29) is 29.1 Å². The van der Waals surface area contributed by atoms with E-state index in [0.29, 0.717) is 11.4 Å². The minimum atomic E-state index is -3.68. The third-order valence-corrected chi connectivity index (χ3v) is 5.39. The van der Waals surface area contributed by atoms with Gasteiger partial charge in [-0.2, -0.15) is 0 Å². The van der Waals surface area contributed by atoms with Gasteiger partial charge >= 0.3 is 0 Å². The molecule has 2 atom stereocenters. The van der Waals surface area contributed by atoms with Crippen LogP contribution in [-0.4, -0.2) is 20.4 Å². The number of carbonyl (C=O) groups is 1. The van der Waals surface area contributed by atoms with E-state index in [1.807, 2.05) is 13.8 Å². The molecule has 0 saturated heterocycles. The first kappa shape index (κ1) is 22.0. The molecule has 2 rings (SSSR count). The van der Waals surface area contributed by atoms with Crippen molar-refractivity contribution >= 4 is 39.7 Å². The highest BCUT2D eigenvalue weighted by Crippen LogP contribution is 2.20. The zero-order valence-corrected chi connectivity index (χ0v) is 16.3. The van der Waals surface area contributed by atoms with Gasteiger partial charge in [0.2, 0.25) is 5.91 Å². The van der Waals surface area contributed by atoms with Crippen LogP contribution in [0.1, 0.15) is 20.3 Å². The first-order valence-electron chi connectivity index (χ1n) is 8.08. The van der Waals surface area contributed by atoms with E-state index in [2.05, 4.69) is 10.0 Å². The van der Waals surface area contributed by atoms with Crippen molar-refractivity contribution in [3.63, 3.8) is 0 Å². The van der Waals surface area contributed by atoms with Crippen LogP contribution in [0.25, 0.3) is 0 Å². The van der Waals surface area contributed by atoms with E-state index in [1.54, 1.807) is 42.5 Å². The maximum atomic E-state index is 12.4. The van der Waals surface area contributed by atoms with Crippen molar-refractivity contribution in [2.24, 2.45) is 11.7 Å². The lowest BCUT2D eigenvalue weighted by Crippen LogP contribution is -2.40. The van der Waals surface area contributed by atoms with Crippen LogP contribution >= 0.6 is 12.4 Å². The lowest BCUT2D eigenvalue weighted by Gasteiger charge is -2.18. The van der Waals surface area contributed by atoms with Gasteiger partial charge in [0.05, 0.1) is 16.6 Å². The molecule has 0 fully saturated rings. The summed E-state index contributed by atoms with van der Waals surface area (Å²) in [6, 6.07) is 14.0. The molecule has 2 aromatic carbocycles. The van der Waals surface area contributed by atoms with E-state index in [9.17, 15) is 13.2 Å². The molecule has 0 aliphatic carbocycles. The van der Waals surface area contributed by atoms with E-state index >= 15 is 0 Å². The van der Waals surface area contributed by atoms with E-state index < -0.39 is 16.1 Å². The van der Waals surface area contributed by atoms with Crippen molar-refractivity contribution in [1.82, 2.24) is 0 Å². The number of nitrogens with two attached hydrogens (primary N) is 1. The first-order chi connectivity index (χ1) is 11.8. The number of benzene rings is 2. The summed E-state index contributed by atoms with van der Waals surface area (Å²) in [5.41, 5.74) is 6.75. The van der Waals surface area contributed by atoms with Crippen LogP contribution in [0, 0.1) is 5.92 Å². The zero-order valence-electron chi connectivity index (χ0n) is 14.7. The first-order valence-corrected chi connectivity index (χ1v) is 9.56. The monoisotopic (exact) mass is 397 g/mol. The molecule has 26 heavy (non-hydrogen) atoms. The van der Waals surface area contributed by atoms with Crippen LogP contribution in [0.15, 0.2) is 59.5 Å². The molecular formula is C18H24ClN3O3S. The van der Waals surface area contributed by atoms with Gasteiger partial charge in [-0.15, -0.1) is 12.4 Å². The summed E-state index contributed by atoms with van der Waals surface area (Å²) in [6.45, 7) is 3.88. The quantitative estimate of drug-likeness (QED) is 0.667. The Morgan fingerprint density at radius 2 is 1.69 bits per heavy atom. The molecule has 0 heterocycles. The van der Waals surface area contributed by atoms with Gasteiger partial charge in [0.15, 0.2) is 0 Å². The van der Waals surface area contributed by atoms with Crippen molar-refractivity contribution in [1.29, 1.82) is 0 Å². The lowest BCUT2D eigenvalue weighted by atomic mass is 9.99. The molecule has 0 saturated carbocycles. The van der Waals surface area contributed by atoms with Crippen LogP contribution < -0.4 is 15.8 Å². The Balaban J connectivity index is 0.00000338. The SMILES string of the molecule is CCC(C)C(N)C(=O)Nc1cccc(NS(=O)(=O)c2ccccc2)c1.Cl. The van der Waals surface area contributed by atoms with E-state index in [4.69, 9.17) is 5.73 Å². The number of hydrogen-bond acceptors (Lipinski definition) is 4. The van der Waals surface area contributed by atoms with Crippen molar-refractivity contribution in [2.75, 3.05) is 10.0 Å². The maximum Gasteiger partial charge on any atom is 0.261 e. The molecule has 4 N–H and O–H groups in total.